The van der Waals surface area contributed by atoms with Crippen molar-refractivity contribution in [3.8, 4) is 5.75 Å². The zero-order valence-electron chi connectivity index (χ0n) is 12.2. The molecule has 0 radical (unpaired) electrons. The standard InChI is InChI=1S/C12H16ClN2O5PS/c1-8(2)11(12(16)19-3)14-21(13,22)20-10-6-4-9(5-7-10)15(17)18/h4-8,11H,1-3H3,(H,14,22). The summed E-state index contributed by atoms with van der Waals surface area (Å²) in [6.45, 7) is 3.62. The fraction of sp³-hybridized carbons (Fsp3) is 0.417. The van der Waals surface area contributed by atoms with E-state index in [2.05, 4.69) is 5.09 Å². The lowest BCUT2D eigenvalue weighted by molar-refractivity contribution is -0.384. The second-order valence-electron chi connectivity index (χ2n) is 4.70. The number of carbonyl (C=O) groups is 1. The Morgan fingerprint density at radius 2 is 1.95 bits per heavy atom. The summed E-state index contributed by atoms with van der Waals surface area (Å²) in [7, 11) is 1.27. The summed E-state index contributed by atoms with van der Waals surface area (Å²) >= 11 is 11.3. The molecule has 0 bridgehead atoms. The van der Waals surface area contributed by atoms with Crippen molar-refractivity contribution in [2.45, 2.75) is 19.9 Å². The summed E-state index contributed by atoms with van der Waals surface area (Å²) in [5.74, 6) is -3.36. The normalized spacial score (nSPS) is 15.0. The van der Waals surface area contributed by atoms with E-state index in [4.69, 9.17) is 32.3 Å². The average Bonchev–Trinajstić information content (AvgIpc) is 2.44. The number of non-ortho nitro benzene ring substituents is 1. The van der Waals surface area contributed by atoms with Crippen molar-refractivity contribution in [2.75, 3.05) is 7.11 Å². The Hall–Kier alpha value is -1.21. The number of rotatable bonds is 7. The Morgan fingerprint density at radius 3 is 2.36 bits per heavy atom. The summed E-state index contributed by atoms with van der Waals surface area (Å²) in [6, 6.07) is 4.65. The molecule has 1 N–H and O–H groups in total. The lowest BCUT2D eigenvalue weighted by atomic mass is 10.1. The average molecular weight is 367 g/mol. The number of benzene rings is 1. The Labute approximate surface area is 138 Å². The maximum absolute atomic E-state index is 11.7. The molecule has 0 saturated carbocycles. The molecule has 0 fully saturated rings. The molecule has 2 atom stereocenters. The fourth-order valence-corrected chi connectivity index (χ4v) is 3.89. The minimum atomic E-state index is -3.05. The van der Waals surface area contributed by atoms with E-state index in [9.17, 15) is 14.9 Å². The van der Waals surface area contributed by atoms with Crippen molar-refractivity contribution in [1.82, 2.24) is 5.09 Å². The van der Waals surface area contributed by atoms with Gasteiger partial charge in [0.05, 0.1) is 12.0 Å². The van der Waals surface area contributed by atoms with Gasteiger partial charge in [-0.05, 0) is 41.1 Å². The molecular weight excluding hydrogens is 351 g/mol. The third kappa shape index (κ3) is 5.53. The third-order valence-corrected chi connectivity index (χ3v) is 4.76. The number of ether oxygens (including phenoxy) is 1. The molecule has 22 heavy (non-hydrogen) atoms. The van der Waals surface area contributed by atoms with Crippen molar-refractivity contribution >= 4 is 40.5 Å². The van der Waals surface area contributed by atoms with Crippen LogP contribution >= 0.6 is 17.0 Å². The maximum Gasteiger partial charge on any atom is 0.323 e. The van der Waals surface area contributed by atoms with E-state index in [0.29, 0.717) is 0 Å². The lowest BCUT2D eigenvalue weighted by Crippen LogP contribution is -2.39. The smallest absolute Gasteiger partial charge is 0.323 e. The fourth-order valence-electron chi connectivity index (χ4n) is 1.56. The number of hydrogen-bond donors (Lipinski definition) is 1. The van der Waals surface area contributed by atoms with Crippen LogP contribution in [0, 0.1) is 16.0 Å². The van der Waals surface area contributed by atoms with E-state index >= 15 is 0 Å². The van der Waals surface area contributed by atoms with Crippen LogP contribution in [0.15, 0.2) is 24.3 Å². The molecule has 0 aliphatic heterocycles. The van der Waals surface area contributed by atoms with Crippen molar-refractivity contribution < 1.29 is 19.0 Å². The zero-order valence-corrected chi connectivity index (χ0v) is 14.7. The monoisotopic (exact) mass is 366 g/mol. The summed E-state index contributed by atoms with van der Waals surface area (Å²) in [6.07, 6.45) is 0. The Kier molecular flexibility index (Phi) is 6.74. The topological polar surface area (TPSA) is 90.7 Å². The van der Waals surface area contributed by atoms with Gasteiger partial charge in [-0.3, -0.25) is 14.9 Å². The highest BCUT2D eigenvalue weighted by molar-refractivity contribution is 8.23. The van der Waals surface area contributed by atoms with Crippen molar-refractivity contribution in [1.29, 1.82) is 0 Å². The van der Waals surface area contributed by atoms with Gasteiger partial charge >= 0.3 is 5.97 Å². The summed E-state index contributed by atoms with van der Waals surface area (Å²) < 4.78 is 10.2. The number of nitrogens with zero attached hydrogens (tertiary/aromatic N) is 1. The quantitative estimate of drug-likeness (QED) is 0.343. The van der Waals surface area contributed by atoms with E-state index in [1.807, 2.05) is 13.8 Å². The SMILES string of the molecule is COC(=O)C(NP(=S)(Cl)Oc1ccc([N+](=O)[O-])cc1)C(C)C. The highest BCUT2D eigenvalue weighted by Crippen LogP contribution is 2.49. The lowest BCUT2D eigenvalue weighted by Gasteiger charge is -2.25. The van der Waals surface area contributed by atoms with E-state index in [1.165, 1.54) is 31.4 Å². The molecule has 0 aliphatic carbocycles. The third-order valence-electron chi connectivity index (χ3n) is 2.69. The van der Waals surface area contributed by atoms with Crippen LogP contribution in [-0.2, 0) is 21.3 Å². The molecule has 0 heterocycles. The molecule has 0 spiro atoms. The Balaban J connectivity index is 2.83. The molecular formula is C12H16ClN2O5PS. The summed E-state index contributed by atoms with van der Waals surface area (Å²) in [5, 5.41) is 13.4. The van der Waals surface area contributed by atoms with E-state index in [-0.39, 0.29) is 17.4 Å². The molecule has 0 aromatic heterocycles. The van der Waals surface area contributed by atoms with Crippen LogP contribution in [0.5, 0.6) is 5.75 Å². The molecule has 1 rings (SSSR count). The predicted octanol–water partition coefficient (Wildman–Crippen LogP) is 3.22. The predicted molar refractivity (Wildman–Crippen MR) is 87.6 cm³/mol. The van der Waals surface area contributed by atoms with Gasteiger partial charge in [-0.1, -0.05) is 13.8 Å². The van der Waals surface area contributed by atoms with E-state index < -0.39 is 22.7 Å². The molecule has 2 unspecified atom stereocenters. The Morgan fingerprint density at radius 1 is 1.41 bits per heavy atom. The van der Waals surface area contributed by atoms with Gasteiger partial charge < -0.3 is 9.26 Å². The first-order valence-corrected chi connectivity index (χ1v) is 9.88. The minimum absolute atomic E-state index is 0.0715. The van der Waals surface area contributed by atoms with Gasteiger partial charge in [0.15, 0.2) is 0 Å². The van der Waals surface area contributed by atoms with Crippen molar-refractivity contribution in [3.05, 3.63) is 34.4 Å². The molecule has 0 aliphatic rings. The van der Waals surface area contributed by atoms with Gasteiger partial charge in [-0.25, -0.2) is 5.09 Å². The van der Waals surface area contributed by atoms with E-state index in [1.54, 1.807) is 0 Å². The number of carbonyl (C=O) groups excluding carboxylic acids is 1. The first-order valence-electron chi connectivity index (χ1n) is 6.25. The summed E-state index contributed by atoms with van der Waals surface area (Å²) in [4.78, 5) is 21.8. The molecule has 122 valence electrons. The maximum atomic E-state index is 11.7. The van der Waals surface area contributed by atoms with Gasteiger partial charge in [0, 0.05) is 12.1 Å². The van der Waals surface area contributed by atoms with E-state index in [0.717, 1.165) is 0 Å². The first kappa shape index (κ1) is 18.8. The largest absolute Gasteiger partial charge is 0.468 e. The molecule has 10 heteroatoms. The number of nitro groups is 1. The van der Waals surface area contributed by atoms with Crippen LogP contribution in [0.4, 0.5) is 5.69 Å². The van der Waals surface area contributed by atoms with Gasteiger partial charge in [0.1, 0.15) is 11.8 Å². The zero-order chi connectivity index (χ0) is 16.9. The van der Waals surface area contributed by atoms with Crippen LogP contribution in [0.2, 0.25) is 0 Å². The van der Waals surface area contributed by atoms with Crippen LogP contribution in [-0.4, -0.2) is 24.0 Å². The molecule has 0 amide bonds. The van der Waals surface area contributed by atoms with Crippen molar-refractivity contribution in [2.24, 2.45) is 5.92 Å². The second kappa shape index (κ2) is 7.87. The van der Waals surface area contributed by atoms with Crippen LogP contribution in [0.25, 0.3) is 0 Å². The van der Waals surface area contributed by atoms with Crippen LogP contribution in [0.1, 0.15) is 13.8 Å². The molecule has 1 aromatic rings. The van der Waals surface area contributed by atoms with Gasteiger partial charge in [-0.2, -0.15) is 0 Å². The first-order chi connectivity index (χ1) is 10.2. The minimum Gasteiger partial charge on any atom is -0.468 e. The Bertz CT molecular complexity index is 596. The van der Waals surface area contributed by atoms with Crippen LogP contribution in [0.3, 0.4) is 0 Å². The molecule has 7 nitrogen and oxygen atoms in total. The number of halogens is 1. The van der Waals surface area contributed by atoms with Gasteiger partial charge in [0.25, 0.3) is 11.5 Å². The highest BCUT2D eigenvalue weighted by atomic mass is 35.7. The van der Waals surface area contributed by atoms with Crippen LogP contribution < -0.4 is 9.61 Å². The number of methoxy groups -OCH3 is 1. The number of nitro benzene ring substituents is 1. The van der Waals surface area contributed by atoms with Crippen molar-refractivity contribution in [3.63, 3.8) is 0 Å². The second-order valence-corrected chi connectivity index (χ2v) is 9.67. The van der Waals surface area contributed by atoms with Gasteiger partial charge in [0.2, 0.25) is 0 Å². The molecule has 0 saturated heterocycles. The molecule has 1 aromatic carbocycles. The highest BCUT2D eigenvalue weighted by Gasteiger charge is 2.29. The number of hydrogen-bond acceptors (Lipinski definition) is 6. The number of esters is 1. The van der Waals surface area contributed by atoms with Gasteiger partial charge in [-0.15, -0.1) is 0 Å². The summed E-state index contributed by atoms with van der Waals surface area (Å²) in [5.41, 5.74) is -0.0715. The number of nitrogens with one attached hydrogen (secondary N) is 1.